The summed E-state index contributed by atoms with van der Waals surface area (Å²) in [5, 5.41) is 20.7. The molecule has 0 amide bonds. The van der Waals surface area contributed by atoms with Crippen LogP contribution in [0.1, 0.15) is 14.5 Å². The summed E-state index contributed by atoms with van der Waals surface area (Å²) < 4.78 is 64.4. The van der Waals surface area contributed by atoms with Crippen LogP contribution in [0.5, 0.6) is 5.75 Å². The van der Waals surface area contributed by atoms with Gasteiger partial charge in [0.05, 0.1) is 9.35 Å². The van der Waals surface area contributed by atoms with E-state index in [1.54, 1.807) is 0 Å². The van der Waals surface area contributed by atoms with Gasteiger partial charge in [0, 0.05) is 22.8 Å². The van der Waals surface area contributed by atoms with Crippen molar-refractivity contribution in [3.8, 4) is 5.75 Å². The fourth-order valence-electron chi connectivity index (χ4n) is 2.83. The first-order valence-electron chi connectivity index (χ1n) is 9.33. The van der Waals surface area contributed by atoms with Gasteiger partial charge >= 0.3 is 13.5 Å². The number of halogens is 2. The molecule has 1 unspecified atom stereocenters. The number of nitrogens with zero attached hydrogens (tertiary/aromatic N) is 1. The van der Waals surface area contributed by atoms with Gasteiger partial charge in [0.1, 0.15) is 24.5 Å². The van der Waals surface area contributed by atoms with Crippen LogP contribution in [0, 0.1) is 0 Å². The number of ether oxygens (including phenoxy) is 1. The highest BCUT2D eigenvalue weighted by Gasteiger charge is 2.57. The van der Waals surface area contributed by atoms with E-state index in [1.807, 2.05) is 4.98 Å². The van der Waals surface area contributed by atoms with E-state index in [9.17, 15) is 24.4 Å². The van der Waals surface area contributed by atoms with E-state index in [-0.39, 0.29) is 12.4 Å². The Bertz CT molecular complexity index is 1230. The third kappa shape index (κ3) is 3.83. The molecule has 0 radical (unpaired) electrons. The maximum atomic E-state index is 15.6. The number of nitrogens with one attached hydrogen (secondary N) is 1. The Labute approximate surface area is 175 Å². The standard InChI is InChI=1S/C16H15ClFN2O9P/c17-9-1-2-10-8(5-9)6-26-30(25,29-10)27-7-16(18)13(23)12(22)14(28-16)20-4-3-11(21)19-15(20)24/h1-5,12-14,22-23H,6-7H2,(H,19,21,24)/t12-,13+,14-,16-,30?/m1/s1/i7D2. The summed E-state index contributed by atoms with van der Waals surface area (Å²) in [5.41, 5.74) is -1.55. The van der Waals surface area contributed by atoms with E-state index in [1.165, 1.54) is 18.2 Å². The van der Waals surface area contributed by atoms with E-state index in [0.29, 0.717) is 15.2 Å². The number of hydrogen-bond acceptors (Lipinski definition) is 9. The second-order valence-electron chi connectivity index (χ2n) is 6.36. The van der Waals surface area contributed by atoms with Gasteiger partial charge in [-0.15, -0.1) is 0 Å². The Hall–Kier alpha value is -2.05. The highest BCUT2D eigenvalue weighted by atomic mass is 35.5. The van der Waals surface area contributed by atoms with Gasteiger partial charge in [-0.1, -0.05) is 11.6 Å². The lowest BCUT2D eigenvalue weighted by atomic mass is 10.1. The van der Waals surface area contributed by atoms with Crippen LogP contribution in [0.4, 0.5) is 4.39 Å². The summed E-state index contributed by atoms with van der Waals surface area (Å²) in [6.45, 7) is -4.09. The molecule has 1 aromatic heterocycles. The van der Waals surface area contributed by atoms with Crippen LogP contribution in [-0.4, -0.2) is 44.4 Å². The maximum Gasteiger partial charge on any atom is 0.530 e. The van der Waals surface area contributed by atoms with Gasteiger partial charge in [0.15, 0.2) is 6.23 Å². The lowest BCUT2D eigenvalue weighted by Crippen LogP contribution is -2.43. The van der Waals surface area contributed by atoms with Gasteiger partial charge in [-0.3, -0.25) is 23.4 Å². The lowest BCUT2D eigenvalue weighted by Gasteiger charge is -2.28. The van der Waals surface area contributed by atoms with Crippen molar-refractivity contribution in [3.05, 3.63) is 61.9 Å². The van der Waals surface area contributed by atoms with Gasteiger partial charge < -0.3 is 19.5 Å². The van der Waals surface area contributed by atoms with Gasteiger partial charge in [-0.2, -0.15) is 0 Å². The molecule has 0 bridgehead atoms. The zero-order valence-electron chi connectivity index (χ0n) is 16.7. The number of fused-ring (bicyclic) bond motifs is 1. The molecular weight excluding hydrogens is 450 g/mol. The van der Waals surface area contributed by atoms with E-state index >= 15 is 4.39 Å². The highest BCUT2D eigenvalue weighted by Crippen LogP contribution is 2.55. The molecule has 1 fully saturated rings. The molecule has 2 aliphatic heterocycles. The lowest BCUT2D eigenvalue weighted by molar-refractivity contribution is -0.205. The van der Waals surface area contributed by atoms with E-state index in [2.05, 4.69) is 4.52 Å². The predicted molar refractivity (Wildman–Crippen MR) is 97.7 cm³/mol. The van der Waals surface area contributed by atoms with E-state index in [0.717, 1.165) is 12.3 Å². The first kappa shape index (κ1) is 18.7. The van der Waals surface area contributed by atoms with Crippen LogP contribution in [0.2, 0.25) is 5.02 Å². The summed E-state index contributed by atoms with van der Waals surface area (Å²) in [6.07, 6.45) is -5.90. The molecule has 30 heavy (non-hydrogen) atoms. The minimum atomic E-state index is -4.78. The molecule has 0 spiro atoms. The van der Waals surface area contributed by atoms with Crippen LogP contribution in [-0.2, 0) is 25.0 Å². The van der Waals surface area contributed by atoms with Crippen LogP contribution < -0.4 is 15.8 Å². The van der Waals surface area contributed by atoms with Crippen LogP contribution in [0.3, 0.4) is 0 Å². The van der Waals surface area contributed by atoms with Crippen molar-refractivity contribution in [2.75, 3.05) is 6.56 Å². The molecule has 3 heterocycles. The molecule has 11 nitrogen and oxygen atoms in total. The Kier molecular flexibility index (Phi) is 4.72. The zero-order chi connectivity index (χ0) is 23.5. The average Bonchev–Trinajstić information content (AvgIpc) is 2.93. The van der Waals surface area contributed by atoms with Crippen molar-refractivity contribution in [2.24, 2.45) is 0 Å². The summed E-state index contributed by atoms with van der Waals surface area (Å²) in [4.78, 5) is 25.0. The van der Waals surface area contributed by atoms with Gasteiger partial charge in [0.2, 0.25) is 0 Å². The second kappa shape index (κ2) is 7.57. The van der Waals surface area contributed by atoms with E-state index < -0.39 is 49.9 Å². The molecule has 14 heteroatoms. The molecule has 162 valence electrons. The quantitative estimate of drug-likeness (QED) is 0.557. The number of aliphatic hydroxyl groups is 2. The minimum absolute atomic E-state index is 0.0155. The van der Waals surface area contributed by atoms with Gasteiger partial charge in [0.25, 0.3) is 11.4 Å². The molecule has 2 aliphatic rings. The minimum Gasteiger partial charge on any atom is -0.404 e. The number of benzene rings is 1. The summed E-state index contributed by atoms with van der Waals surface area (Å²) in [6, 6.07) is 5.02. The largest absolute Gasteiger partial charge is 0.530 e. The van der Waals surface area contributed by atoms with Crippen molar-refractivity contribution in [2.45, 2.75) is 30.9 Å². The third-order valence-electron chi connectivity index (χ3n) is 4.32. The monoisotopic (exact) mass is 466 g/mol. The SMILES string of the molecule is [2H]C([2H])(OP1(=O)OCc2cc(Cl)ccc2O1)[C@@]1(F)O[C@@H](n2ccc(=O)[nH]c2=O)[C@H](O)[C@@H]1O. The van der Waals surface area contributed by atoms with Crippen molar-refractivity contribution < 1.29 is 40.2 Å². The number of alkyl halides is 1. The molecule has 4 rings (SSSR count). The Morgan fingerprint density at radius 3 is 2.93 bits per heavy atom. The number of aromatic nitrogens is 2. The number of aromatic amines is 1. The Morgan fingerprint density at radius 2 is 2.20 bits per heavy atom. The molecule has 1 saturated heterocycles. The second-order valence-corrected chi connectivity index (χ2v) is 8.32. The number of rotatable bonds is 4. The number of aliphatic hydroxyl groups excluding tert-OH is 2. The average molecular weight is 467 g/mol. The molecule has 0 aliphatic carbocycles. The van der Waals surface area contributed by atoms with Crippen molar-refractivity contribution >= 4 is 19.4 Å². The summed E-state index contributed by atoms with van der Waals surface area (Å²) in [7, 11) is -4.78. The molecule has 5 atom stereocenters. The normalized spacial score (nSPS) is 34.6. The summed E-state index contributed by atoms with van der Waals surface area (Å²) >= 11 is 5.84. The zero-order valence-corrected chi connectivity index (χ0v) is 16.4. The highest BCUT2D eigenvalue weighted by molar-refractivity contribution is 7.49. The summed E-state index contributed by atoms with van der Waals surface area (Å²) in [5.74, 6) is -3.85. The smallest absolute Gasteiger partial charge is 0.404 e. The maximum absolute atomic E-state index is 15.6. The fourth-order valence-corrected chi connectivity index (χ4v) is 4.12. The number of phosphoric acid groups is 1. The van der Waals surface area contributed by atoms with Gasteiger partial charge in [-0.05, 0) is 18.2 Å². The fraction of sp³-hybridized carbons (Fsp3) is 0.375. The molecular formula is C16H15ClFN2O9P. The van der Waals surface area contributed by atoms with Crippen molar-refractivity contribution in [1.82, 2.24) is 9.55 Å². The third-order valence-corrected chi connectivity index (χ3v) is 5.74. The molecule has 1 aromatic carbocycles. The van der Waals surface area contributed by atoms with Crippen molar-refractivity contribution in [1.29, 1.82) is 0 Å². The molecule has 2 aromatic rings. The Balaban J connectivity index is 1.61. The number of hydrogen-bond donors (Lipinski definition) is 3. The number of H-pyrrole nitrogens is 1. The van der Waals surface area contributed by atoms with Crippen LogP contribution >= 0.6 is 19.4 Å². The van der Waals surface area contributed by atoms with Crippen molar-refractivity contribution in [3.63, 3.8) is 0 Å². The number of phosphoric ester groups is 1. The molecule has 0 saturated carbocycles. The topological polar surface area (TPSA) is 149 Å². The van der Waals surface area contributed by atoms with Gasteiger partial charge in [-0.25, -0.2) is 13.8 Å². The van der Waals surface area contributed by atoms with Crippen LogP contribution in [0.25, 0.3) is 0 Å². The first-order valence-corrected chi connectivity index (χ1v) is 10.2. The predicted octanol–water partition coefficient (Wildman–Crippen LogP) is 0.840. The Morgan fingerprint density at radius 1 is 1.43 bits per heavy atom. The van der Waals surface area contributed by atoms with E-state index in [4.69, 9.17) is 28.1 Å². The molecule has 3 N–H and O–H groups in total. The van der Waals surface area contributed by atoms with Crippen LogP contribution in [0.15, 0.2) is 40.1 Å². The first-order chi connectivity index (χ1) is 14.9.